The molecular weight excluding hydrogens is 270 g/mol. The van der Waals surface area contributed by atoms with Crippen molar-refractivity contribution in [3.8, 4) is 0 Å². The van der Waals surface area contributed by atoms with E-state index in [1.54, 1.807) is 0 Å². The molecule has 0 bridgehead atoms. The molecule has 0 aliphatic carbocycles. The van der Waals surface area contributed by atoms with E-state index >= 15 is 0 Å². The predicted molar refractivity (Wildman–Crippen MR) is 86.1 cm³/mol. The van der Waals surface area contributed by atoms with Gasteiger partial charge in [-0.2, -0.15) is 0 Å². The van der Waals surface area contributed by atoms with Crippen LogP contribution in [0.3, 0.4) is 0 Å². The van der Waals surface area contributed by atoms with Crippen molar-refractivity contribution in [1.82, 2.24) is 9.80 Å². The van der Waals surface area contributed by atoms with Crippen molar-refractivity contribution in [2.75, 3.05) is 40.3 Å². The Hall–Kier alpha value is -0.610. The first-order valence-corrected chi connectivity index (χ1v) is 7.80. The zero-order valence-electron chi connectivity index (χ0n) is 12.6. The average Bonchev–Trinajstić information content (AvgIpc) is 2.82. The summed E-state index contributed by atoms with van der Waals surface area (Å²) in [5.74, 6) is 0.816. The van der Waals surface area contributed by atoms with Crippen LogP contribution in [0.1, 0.15) is 24.4 Å². The van der Waals surface area contributed by atoms with Crippen LogP contribution in [0, 0.1) is 5.92 Å². The molecule has 0 amide bonds. The lowest BCUT2D eigenvalue weighted by Gasteiger charge is -2.22. The number of nitrogens with zero attached hydrogens (tertiary/aromatic N) is 2. The standard InChI is InChI=1S/C16H26ClN3/c1-19-9-7-13(11-19)12-20(2)10-8-16(18)14-3-5-15(17)6-4-14/h3-6,13,16H,7-12,18H2,1-2H3. The summed E-state index contributed by atoms with van der Waals surface area (Å²) in [7, 11) is 4.41. The summed E-state index contributed by atoms with van der Waals surface area (Å²) in [6.45, 7) is 4.69. The number of halogens is 1. The largest absolute Gasteiger partial charge is 0.324 e. The first kappa shape index (κ1) is 15.8. The number of nitrogens with two attached hydrogens (primary N) is 1. The Kier molecular flexibility index (Phi) is 5.85. The van der Waals surface area contributed by atoms with E-state index in [1.165, 1.54) is 31.6 Å². The lowest BCUT2D eigenvalue weighted by molar-refractivity contribution is 0.265. The Morgan fingerprint density at radius 2 is 2.10 bits per heavy atom. The Balaban J connectivity index is 1.72. The summed E-state index contributed by atoms with van der Waals surface area (Å²) in [6.07, 6.45) is 2.31. The molecule has 4 heteroatoms. The van der Waals surface area contributed by atoms with Crippen molar-refractivity contribution in [2.24, 2.45) is 11.7 Å². The van der Waals surface area contributed by atoms with Gasteiger partial charge in [0, 0.05) is 24.2 Å². The van der Waals surface area contributed by atoms with E-state index in [1.807, 2.05) is 24.3 Å². The zero-order valence-corrected chi connectivity index (χ0v) is 13.3. The van der Waals surface area contributed by atoms with Gasteiger partial charge in [-0.15, -0.1) is 0 Å². The van der Waals surface area contributed by atoms with Gasteiger partial charge in [-0.3, -0.25) is 0 Å². The van der Waals surface area contributed by atoms with Crippen molar-refractivity contribution < 1.29 is 0 Å². The lowest BCUT2D eigenvalue weighted by atomic mass is 10.0. The molecule has 2 N–H and O–H groups in total. The van der Waals surface area contributed by atoms with Gasteiger partial charge in [0.25, 0.3) is 0 Å². The Morgan fingerprint density at radius 3 is 2.70 bits per heavy atom. The minimum atomic E-state index is 0.0981. The molecule has 3 nitrogen and oxygen atoms in total. The number of benzene rings is 1. The fourth-order valence-corrected chi connectivity index (χ4v) is 3.07. The molecule has 1 aromatic carbocycles. The van der Waals surface area contributed by atoms with E-state index < -0.39 is 0 Å². The second kappa shape index (κ2) is 7.41. The van der Waals surface area contributed by atoms with Crippen molar-refractivity contribution in [3.05, 3.63) is 34.9 Å². The smallest absolute Gasteiger partial charge is 0.0406 e. The van der Waals surface area contributed by atoms with Crippen LogP contribution in [-0.2, 0) is 0 Å². The predicted octanol–water partition coefficient (Wildman–Crippen LogP) is 2.61. The van der Waals surface area contributed by atoms with Crippen LogP contribution in [0.2, 0.25) is 5.02 Å². The van der Waals surface area contributed by atoms with Crippen molar-refractivity contribution >= 4 is 11.6 Å². The van der Waals surface area contributed by atoms with Gasteiger partial charge >= 0.3 is 0 Å². The molecule has 20 heavy (non-hydrogen) atoms. The second-order valence-electron chi connectivity index (χ2n) is 6.13. The van der Waals surface area contributed by atoms with Gasteiger partial charge < -0.3 is 15.5 Å². The third kappa shape index (κ3) is 4.74. The SMILES string of the molecule is CN1CCC(CN(C)CCC(N)c2ccc(Cl)cc2)C1. The maximum absolute atomic E-state index is 6.25. The quantitative estimate of drug-likeness (QED) is 0.876. The highest BCUT2D eigenvalue weighted by Gasteiger charge is 2.20. The summed E-state index contributed by atoms with van der Waals surface area (Å²) >= 11 is 5.90. The molecule has 1 fully saturated rings. The summed E-state index contributed by atoms with van der Waals surface area (Å²) in [6, 6.07) is 7.97. The summed E-state index contributed by atoms with van der Waals surface area (Å²) in [5.41, 5.74) is 7.42. The van der Waals surface area contributed by atoms with E-state index in [9.17, 15) is 0 Å². The highest BCUT2D eigenvalue weighted by Crippen LogP contribution is 2.19. The van der Waals surface area contributed by atoms with Crippen molar-refractivity contribution in [3.63, 3.8) is 0 Å². The molecule has 2 unspecified atom stereocenters. The molecule has 1 aliphatic rings. The van der Waals surface area contributed by atoms with Crippen LogP contribution < -0.4 is 5.73 Å². The van der Waals surface area contributed by atoms with Crippen LogP contribution in [0.15, 0.2) is 24.3 Å². The number of hydrogen-bond donors (Lipinski definition) is 1. The molecule has 2 atom stereocenters. The van der Waals surface area contributed by atoms with E-state index in [-0.39, 0.29) is 6.04 Å². The van der Waals surface area contributed by atoms with E-state index in [0.29, 0.717) is 0 Å². The Labute approximate surface area is 127 Å². The van der Waals surface area contributed by atoms with Gasteiger partial charge in [0.1, 0.15) is 0 Å². The maximum atomic E-state index is 6.25. The monoisotopic (exact) mass is 295 g/mol. The molecule has 1 aliphatic heterocycles. The van der Waals surface area contributed by atoms with Crippen LogP contribution in [0.25, 0.3) is 0 Å². The molecule has 1 heterocycles. The summed E-state index contributed by atoms with van der Waals surface area (Å²) in [4.78, 5) is 4.83. The lowest BCUT2D eigenvalue weighted by Crippen LogP contribution is -2.30. The van der Waals surface area contributed by atoms with E-state index in [2.05, 4.69) is 23.9 Å². The summed E-state index contributed by atoms with van der Waals surface area (Å²) in [5, 5.41) is 0.767. The molecular formula is C16H26ClN3. The Morgan fingerprint density at radius 1 is 1.40 bits per heavy atom. The van der Waals surface area contributed by atoms with Crippen LogP contribution in [-0.4, -0.2) is 50.1 Å². The minimum absolute atomic E-state index is 0.0981. The number of likely N-dealkylation sites (tertiary alicyclic amines) is 1. The highest BCUT2D eigenvalue weighted by molar-refractivity contribution is 6.30. The second-order valence-corrected chi connectivity index (χ2v) is 6.56. The first-order valence-electron chi connectivity index (χ1n) is 7.42. The number of rotatable bonds is 6. The normalized spacial score (nSPS) is 21.6. The van der Waals surface area contributed by atoms with Gasteiger partial charge in [-0.25, -0.2) is 0 Å². The third-order valence-corrected chi connectivity index (χ3v) is 4.43. The van der Waals surface area contributed by atoms with Gasteiger partial charge in [-0.1, -0.05) is 23.7 Å². The molecule has 0 saturated carbocycles. The van der Waals surface area contributed by atoms with Crippen LogP contribution in [0.5, 0.6) is 0 Å². The molecule has 0 aromatic heterocycles. The topological polar surface area (TPSA) is 32.5 Å². The maximum Gasteiger partial charge on any atom is 0.0406 e. The van der Waals surface area contributed by atoms with Crippen LogP contribution >= 0.6 is 11.6 Å². The molecule has 112 valence electrons. The Bertz CT molecular complexity index is 407. The van der Waals surface area contributed by atoms with E-state index in [0.717, 1.165) is 23.9 Å². The zero-order chi connectivity index (χ0) is 14.5. The third-order valence-electron chi connectivity index (χ3n) is 4.18. The molecule has 1 aromatic rings. The summed E-state index contributed by atoms with van der Waals surface area (Å²) < 4.78 is 0. The van der Waals surface area contributed by atoms with Crippen molar-refractivity contribution in [1.29, 1.82) is 0 Å². The minimum Gasteiger partial charge on any atom is -0.324 e. The molecule has 1 saturated heterocycles. The average molecular weight is 296 g/mol. The van der Waals surface area contributed by atoms with Gasteiger partial charge in [-0.05, 0) is 63.6 Å². The first-order chi connectivity index (χ1) is 9.54. The molecule has 0 radical (unpaired) electrons. The van der Waals surface area contributed by atoms with E-state index in [4.69, 9.17) is 17.3 Å². The van der Waals surface area contributed by atoms with Crippen molar-refractivity contribution in [2.45, 2.75) is 18.9 Å². The molecule has 2 rings (SSSR count). The fourth-order valence-electron chi connectivity index (χ4n) is 2.94. The van der Waals surface area contributed by atoms with Gasteiger partial charge in [0.2, 0.25) is 0 Å². The highest BCUT2D eigenvalue weighted by atomic mass is 35.5. The molecule has 0 spiro atoms. The number of hydrogen-bond acceptors (Lipinski definition) is 3. The van der Waals surface area contributed by atoms with Gasteiger partial charge in [0.15, 0.2) is 0 Å². The van der Waals surface area contributed by atoms with Crippen LogP contribution in [0.4, 0.5) is 0 Å². The van der Waals surface area contributed by atoms with Gasteiger partial charge in [0.05, 0.1) is 0 Å². The fraction of sp³-hybridized carbons (Fsp3) is 0.625.